The molecule has 1 aliphatic rings. The third kappa shape index (κ3) is 7.86. The number of anilines is 1. The topological polar surface area (TPSA) is 50.4 Å². The first-order valence-corrected chi connectivity index (χ1v) is 9.92. The van der Waals surface area contributed by atoms with E-state index >= 15 is 0 Å². The Morgan fingerprint density at radius 1 is 1.16 bits per heavy atom. The molecule has 0 bridgehead atoms. The van der Waals surface area contributed by atoms with Crippen LogP contribution < -0.4 is 15.4 Å². The van der Waals surface area contributed by atoms with Crippen LogP contribution >= 0.6 is 12.2 Å². The van der Waals surface area contributed by atoms with Crippen molar-refractivity contribution in [3.05, 3.63) is 24.3 Å². The van der Waals surface area contributed by atoms with E-state index in [9.17, 15) is 4.79 Å². The zero-order valence-electron chi connectivity index (χ0n) is 15.2. The molecule has 0 unspecified atom stereocenters. The normalized spacial score (nSPS) is 14.3. The summed E-state index contributed by atoms with van der Waals surface area (Å²) in [6, 6.07) is 7.67. The number of amides is 1. The summed E-state index contributed by atoms with van der Waals surface area (Å²) in [5.41, 5.74) is 0.851. The lowest BCUT2D eigenvalue weighted by atomic mass is 10.0. The van der Waals surface area contributed by atoms with Gasteiger partial charge >= 0.3 is 0 Å². The van der Waals surface area contributed by atoms with Crippen molar-refractivity contribution in [1.29, 1.82) is 0 Å². The summed E-state index contributed by atoms with van der Waals surface area (Å²) in [6.45, 7) is 2.95. The Morgan fingerprint density at radius 2 is 1.88 bits per heavy atom. The Kier molecular flexibility index (Phi) is 8.73. The van der Waals surface area contributed by atoms with Crippen molar-refractivity contribution in [2.24, 2.45) is 5.92 Å². The molecule has 25 heavy (non-hydrogen) atoms. The van der Waals surface area contributed by atoms with Crippen LogP contribution in [0.15, 0.2) is 24.3 Å². The third-order valence-corrected chi connectivity index (χ3v) is 4.78. The molecule has 4 nitrogen and oxygen atoms in total. The van der Waals surface area contributed by atoms with E-state index in [4.69, 9.17) is 17.0 Å². The molecule has 0 aliphatic heterocycles. The van der Waals surface area contributed by atoms with Gasteiger partial charge in [-0.3, -0.25) is 4.79 Å². The quantitative estimate of drug-likeness (QED) is 0.477. The van der Waals surface area contributed by atoms with Crippen LogP contribution in [0, 0.1) is 5.92 Å². The standard InChI is InChI=1S/C20H30N2O2S/c1-2-3-4-7-14-24-18-12-10-17(11-13-18)21-20(25)22-19(23)15-16-8-5-6-9-16/h10-13,16H,2-9,14-15H2,1H3,(H2,21,22,23,25). The van der Waals surface area contributed by atoms with E-state index in [0.29, 0.717) is 17.5 Å². The van der Waals surface area contributed by atoms with Crippen LogP contribution in [-0.4, -0.2) is 17.6 Å². The van der Waals surface area contributed by atoms with Crippen LogP contribution in [0.2, 0.25) is 0 Å². The first kappa shape index (κ1) is 19.7. The number of carbonyl (C=O) groups is 1. The van der Waals surface area contributed by atoms with E-state index in [1.54, 1.807) is 0 Å². The van der Waals surface area contributed by atoms with Crippen molar-refractivity contribution in [3.8, 4) is 5.75 Å². The molecule has 0 aromatic heterocycles. The predicted octanol–water partition coefficient (Wildman–Crippen LogP) is 5.04. The van der Waals surface area contributed by atoms with Crippen LogP contribution in [0.1, 0.15) is 64.7 Å². The fraction of sp³-hybridized carbons (Fsp3) is 0.600. The van der Waals surface area contributed by atoms with Crippen molar-refractivity contribution in [3.63, 3.8) is 0 Å². The summed E-state index contributed by atoms with van der Waals surface area (Å²) in [6.07, 6.45) is 10.2. The van der Waals surface area contributed by atoms with Gasteiger partial charge in [0.2, 0.25) is 5.91 Å². The van der Waals surface area contributed by atoms with Crippen LogP contribution in [0.4, 0.5) is 5.69 Å². The van der Waals surface area contributed by atoms with Crippen LogP contribution in [0.3, 0.4) is 0 Å². The molecule has 0 radical (unpaired) electrons. The SMILES string of the molecule is CCCCCCOc1ccc(NC(=S)NC(=O)CC2CCCC2)cc1. The van der Waals surface area contributed by atoms with Crippen molar-refractivity contribution < 1.29 is 9.53 Å². The highest BCUT2D eigenvalue weighted by atomic mass is 32.1. The predicted molar refractivity (Wildman–Crippen MR) is 107 cm³/mol. The average molecular weight is 363 g/mol. The fourth-order valence-corrected chi connectivity index (χ4v) is 3.40. The molecule has 1 saturated carbocycles. The lowest BCUT2D eigenvalue weighted by Crippen LogP contribution is -2.34. The maximum Gasteiger partial charge on any atom is 0.226 e. The first-order valence-electron chi connectivity index (χ1n) is 9.51. The van der Waals surface area contributed by atoms with E-state index in [1.165, 1.54) is 32.1 Å². The molecule has 5 heteroatoms. The molecule has 1 fully saturated rings. The second kappa shape index (κ2) is 11.1. The van der Waals surface area contributed by atoms with Gasteiger partial charge in [-0.2, -0.15) is 0 Å². The molecular weight excluding hydrogens is 332 g/mol. The molecule has 1 amide bonds. The molecule has 138 valence electrons. The fourth-order valence-electron chi connectivity index (χ4n) is 3.17. The molecule has 2 N–H and O–H groups in total. The lowest BCUT2D eigenvalue weighted by molar-refractivity contribution is -0.120. The lowest BCUT2D eigenvalue weighted by Gasteiger charge is -2.12. The Hall–Kier alpha value is -1.62. The van der Waals surface area contributed by atoms with Gasteiger partial charge in [0, 0.05) is 12.1 Å². The Bertz CT molecular complexity index is 539. The van der Waals surface area contributed by atoms with Gasteiger partial charge in [0.25, 0.3) is 0 Å². The number of thiocarbonyl (C=S) groups is 1. The van der Waals surface area contributed by atoms with Gasteiger partial charge in [-0.25, -0.2) is 0 Å². The number of hydrogen-bond acceptors (Lipinski definition) is 3. The van der Waals surface area contributed by atoms with Gasteiger partial charge in [-0.1, -0.05) is 39.0 Å². The van der Waals surface area contributed by atoms with E-state index in [0.717, 1.165) is 37.3 Å². The zero-order chi connectivity index (χ0) is 17.9. The van der Waals surface area contributed by atoms with Crippen LogP contribution in [-0.2, 0) is 4.79 Å². The number of nitrogens with one attached hydrogen (secondary N) is 2. The second-order valence-corrected chi connectivity index (χ2v) is 7.20. The van der Waals surface area contributed by atoms with E-state index in [-0.39, 0.29) is 5.91 Å². The summed E-state index contributed by atoms with van der Waals surface area (Å²) in [4.78, 5) is 12.0. The van der Waals surface area contributed by atoms with Gasteiger partial charge in [0.15, 0.2) is 5.11 Å². The summed E-state index contributed by atoms with van der Waals surface area (Å²) in [7, 11) is 0. The van der Waals surface area contributed by atoms with E-state index in [2.05, 4.69) is 17.6 Å². The minimum Gasteiger partial charge on any atom is -0.494 e. The highest BCUT2D eigenvalue weighted by Gasteiger charge is 2.18. The summed E-state index contributed by atoms with van der Waals surface area (Å²) < 4.78 is 5.72. The van der Waals surface area contributed by atoms with E-state index in [1.807, 2.05) is 24.3 Å². The zero-order valence-corrected chi connectivity index (χ0v) is 16.0. The maximum absolute atomic E-state index is 12.0. The molecule has 1 aromatic rings. The molecule has 0 heterocycles. The van der Waals surface area contributed by atoms with Crippen LogP contribution in [0.5, 0.6) is 5.75 Å². The number of ether oxygens (including phenoxy) is 1. The Labute approximate surface area is 156 Å². The summed E-state index contributed by atoms with van der Waals surface area (Å²) >= 11 is 5.22. The van der Waals surface area contributed by atoms with Crippen LogP contribution in [0.25, 0.3) is 0 Å². The molecule has 0 atom stereocenters. The minimum atomic E-state index is 0.0106. The molecule has 0 saturated heterocycles. The average Bonchev–Trinajstić information content (AvgIpc) is 3.09. The van der Waals surface area contributed by atoms with Gasteiger partial charge in [0.05, 0.1) is 6.61 Å². The van der Waals surface area contributed by atoms with Crippen molar-refractivity contribution in [2.75, 3.05) is 11.9 Å². The second-order valence-electron chi connectivity index (χ2n) is 6.79. The van der Waals surface area contributed by atoms with Gasteiger partial charge < -0.3 is 15.4 Å². The number of rotatable bonds is 9. The van der Waals surface area contributed by atoms with Crippen molar-refractivity contribution in [1.82, 2.24) is 5.32 Å². The molecule has 1 aromatic carbocycles. The molecular formula is C20H30N2O2S. The maximum atomic E-state index is 12.0. The highest BCUT2D eigenvalue weighted by molar-refractivity contribution is 7.80. The van der Waals surface area contributed by atoms with Gasteiger partial charge in [0.1, 0.15) is 5.75 Å². The Morgan fingerprint density at radius 3 is 2.56 bits per heavy atom. The van der Waals surface area contributed by atoms with Crippen molar-refractivity contribution in [2.45, 2.75) is 64.7 Å². The number of unbranched alkanes of at least 4 members (excludes halogenated alkanes) is 3. The number of hydrogen-bond donors (Lipinski definition) is 2. The van der Waals surface area contributed by atoms with E-state index < -0.39 is 0 Å². The summed E-state index contributed by atoms with van der Waals surface area (Å²) in [5.74, 6) is 1.39. The number of carbonyl (C=O) groups excluding carboxylic acids is 1. The first-order chi connectivity index (χ1) is 12.2. The Balaban J connectivity index is 1.67. The minimum absolute atomic E-state index is 0.0106. The highest BCUT2D eigenvalue weighted by Crippen LogP contribution is 2.27. The largest absolute Gasteiger partial charge is 0.494 e. The van der Waals surface area contributed by atoms with Gasteiger partial charge in [-0.15, -0.1) is 0 Å². The molecule has 2 rings (SSSR count). The summed E-state index contributed by atoms with van der Waals surface area (Å²) in [5, 5.41) is 6.18. The molecule has 0 spiro atoms. The smallest absolute Gasteiger partial charge is 0.226 e. The third-order valence-electron chi connectivity index (χ3n) is 4.58. The molecule has 1 aliphatic carbocycles. The monoisotopic (exact) mass is 362 g/mol. The van der Waals surface area contributed by atoms with Crippen molar-refractivity contribution >= 4 is 28.9 Å². The van der Waals surface area contributed by atoms with Gasteiger partial charge in [-0.05, 0) is 61.7 Å². The number of benzene rings is 1.